The zero-order valence-electron chi connectivity index (χ0n) is 12.3. The summed E-state index contributed by atoms with van der Waals surface area (Å²) in [6.45, 7) is 1.83. The van der Waals surface area contributed by atoms with Crippen molar-refractivity contribution < 1.29 is 18.3 Å². The first-order valence-corrected chi connectivity index (χ1v) is 8.22. The monoisotopic (exact) mass is 317 g/mol. The standard InChI is InChI=1S/C15H21F2NO2S/c1-3-20-14(19)15(10-18,5-4-6-21-2)11-7-12(16)9-13(17)8-11/h7-9H,3-6,10,18H2,1-2H3. The fourth-order valence-electron chi connectivity index (χ4n) is 2.29. The van der Waals surface area contributed by atoms with Gasteiger partial charge in [-0.25, -0.2) is 8.78 Å². The van der Waals surface area contributed by atoms with E-state index in [2.05, 4.69) is 0 Å². The first-order valence-electron chi connectivity index (χ1n) is 6.83. The van der Waals surface area contributed by atoms with Gasteiger partial charge in [0.15, 0.2) is 0 Å². The Balaban J connectivity index is 3.22. The maximum atomic E-state index is 13.5. The average molecular weight is 317 g/mol. The Hall–Kier alpha value is -1.14. The highest BCUT2D eigenvalue weighted by atomic mass is 32.2. The van der Waals surface area contributed by atoms with Crippen molar-refractivity contribution in [2.75, 3.05) is 25.2 Å². The van der Waals surface area contributed by atoms with E-state index in [1.54, 1.807) is 18.7 Å². The zero-order valence-corrected chi connectivity index (χ0v) is 13.1. The van der Waals surface area contributed by atoms with Crippen LogP contribution in [0.15, 0.2) is 18.2 Å². The highest BCUT2D eigenvalue weighted by Gasteiger charge is 2.40. The lowest BCUT2D eigenvalue weighted by Gasteiger charge is -2.30. The molecule has 0 saturated heterocycles. The van der Waals surface area contributed by atoms with Crippen LogP contribution in [0.1, 0.15) is 25.3 Å². The van der Waals surface area contributed by atoms with Gasteiger partial charge in [0, 0.05) is 12.6 Å². The van der Waals surface area contributed by atoms with Crippen molar-refractivity contribution in [1.82, 2.24) is 0 Å². The molecule has 0 aliphatic heterocycles. The number of hydrogen-bond donors (Lipinski definition) is 1. The van der Waals surface area contributed by atoms with E-state index in [9.17, 15) is 13.6 Å². The van der Waals surface area contributed by atoms with E-state index < -0.39 is 23.0 Å². The molecule has 118 valence electrons. The number of carbonyl (C=O) groups excluding carboxylic acids is 1. The highest BCUT2D eigenvalue weighted by Crippen LogP contribution is 2.32. The number of esters is 1. The average Bonchev–Trinajstić information content (AvgIpc) is 2.43. The second-order valence-electron chi connectivity index (χ2n) is 4.76. The van der Waals surface area contributed by atoms with Gasteiger partial charge in [0.05, 0.1) is 6.61 Å². The van der Waals surface area contributed by atoms with E-state index in [4.69, 9.17) is 10.5 Å². The van der Waals surface area contributed by atoms with Crippen LogP contribution < -0.4 is 5.73 Å². The third-order valence-electron chi connectivity index (χ3n) is 3.38. The number of ether oxygens (including phenoxy) is 1. The Morgan fingerprint density at radius 2 is 1.95 bits per heavy atom. The van der Waals surface area contributed by atoms with Crippen molar-refractivity contribution in [2.24, 2.45) is 5.73 Å². The molecule has 0 spiro atoms. The van der Waals surface area contributed by atoms with E-state index in [-0.39, 0.29) is 18.7 Å². The van der Waals surface area contributed by atoms with Crippen LogP contribution in [0.2, 0.25) is 0 Å². The van der Waals surface area contributed by atoms with E-state index in [1.807, 2.05) is 6.26 Å². The molecule has 0 radical (unpaired) electrons. The summed E-state index contributed by atoms with van der Waals surface area (Å²) in [5.41, 5.74) is 4.84. The molecule has 0 fully saturated rings. The lowest BCUT2D eigenvalue weighted by molar-refractivity contribution is -0.150. The normalized spacial score (nSPS) is 13.8. The Morgan fingerprint density at radius 3 is 2.43 bits per heavy atom. The molecule has 2 N–H and O–H groups in total. The molecule has 0 aliphatic carbocycles. The third-order valence-corrected chi connectivity index (χ3v) is 4.08. The molecular weight excluding hydrogens is 296 g/mol. The van der Waals surface area contributed by atoms with Crippen molar-refractivity contribution in [2.45, 2.75) is 25.2 Å². The summed E-state index contributed by atoms with van der Waals surface area (Å²) in [5, 5.41) is 0. The van der Waals surface area contributed by atoms with Gasteiger partial charge in [-0.05, 0) is 49.5 Å². The number of nitrogens with two attached hydrogens (primary N) is 1. The summed E-state index contributed by atoms with van der Waals surface area (Å²) >= 11 is 1.64. The van der Waals surface area contributed by atoms with Gasteiger partial charge in [-0.3, -0.25) is 4.79 Å². The molecule has 1 unspecified atom stereocenters. The Kier molecular flexibility index (Phi) is 7.11. The largest absolute Gasteiger partial charge is 0.465 e. The van der Waals surface area contributed by atoms with Crippen LogP contribution in [-0.4, -0.2) is 31.1 Å². The molecule has 1 rings (SSSR count). The number of carbonyl (C=O) groups is 1. The molecule has 0 bridgehead atoms. The fourth-order valence-corrected chi connectivity index (χ4v) is 2.72. The predicted molar refractivity (Wildman–Crippen MR) is 81.3 cm³/mol. The topological polar surface area (TPSA) is 52.3 Å². The van der Waals surface area contributed by atoms with Crippen molar-refractivity contribution in [3.8, 4) is 0 Å². The van der Waals surface area contributed by atoms with E-state index in [1.165, 1.54) is 0 Å². The molecule has 1 aromatic carbocycles. The molecule has 6 heteroatoms. The predicted octanol–water partition coefficient (Wildman–Crippen LogP) is 2.87. The summed E-state index contributed by atoms with van der Waals surface area (Å²) in [7, 11) is 0. The number of rotatable bonds is 8. The molecule has 3 nitrogen and oxygen atoms in total. The van der Waals surface area contributed by atoms with Gasteiger partial charge in [0.1, 0.15) is 17.0 Å². The smallest absolute Gasteiger partial charge is 0.317 e. The minimum absolute atomic E-state index is 0.0525. The van der Waals surface area contributed by atoms with Crippen LogP contribution in [0.5, 0.6) is 0 Å². The van der Waals surface area contributed by atoms with Crippen LogP contribution in [0.3, 0.4) is 0 Å². The molecule has 0 aliphatic rings. The second-order valence-corrected chi connectivity index (χ2v) is 5.75. The molecule has 21 heavy (non-hydrogen) atoms. The number of benzene rings is 1. The van der Waals surface area contributed by atoms with Crippen LogP contribution in [-0.2, 0) is 14.9 Å². The summed E-state index contributed by atoms with van der Waals surface area (Å²) in [6.07, 6.45) is 3.05. The van der Waals surface area contributed by atoms with Crippen LogP contribution in [0.25, 0.3) is 0 Å². The lowest BCUT2D eigenvalue weighted by Crippen LogP contribution is -2.44. The second kappa shape index (κ2) is 8.34. The minimum atomic E-state index is -1.20. The molecule has 0 aromatic heterocycles. The summed E-state index contributed by atoms with van der Waals surface area (Å²) < 4.78 is 32.1. The van der Waals surface area contributed by atoms with Gasteiger partial charge < -0.3 is 10.5 Å². The maximum Gasteiger partial charge on any atom is 0.317 e. The fraction of sp³-hybridized carbons (Fsp3) is 0.533. The Morgan fingerprint density at radius 1 is 1.33 bits per heavy atom. The van der Waals surface area contributed by atoms with Gasteiger partial charge in [-0.2, -0.15) is 11.8 Å². The summed E-state index contributed by atoms with van der Waals surface area (Å²) in [6, 6.07) is 3.09. The first-order chi connectivity index (χ1) is 10.00. The molecular formula is C15H21F2NO2S. The lowest BCUT2D eigenvalue weighted by atomic mass is 9.76. The van der Waals surface area contributed by atoms with E-state index in [0.717, 1.165) is 24.0 Å². The molecule has 1 aromatic rings. The minimum Gasteiger partial charge on any atom is -0.465 e. The van der Waals surface area contributed by atoms with E-state index >= 15 is 0 Å². The number of hydrogen-bond acceptors (Lipinski definition) is 4. The molecule has 0 saturated carbocycles. The summed E-state index contributed by atoms with van der Waals surface area (Å²) in [5.74, 6) is -1.15. The van der Waals surface area contributed by atoms with Gasteiger partial charge in [-0.15, -0.1) is 0 Å². The van der Waals surface area contributed by atoms with Gasteiger partial charge in [0.25, 0.3) is 0 Å². The zero-order chi connectivity index (χ0) is 15.9. The van der Waals surface area contributed by atoms with Crippen LogP contribution in [0.4, 0.5) is 8.78 Å². The number of thioether (sulfide) groups is 1. The van der Waals surface area contributed by atoms with Gasteiger partial charge >= 0.3 is 5.97 Å². The van der Waals surface area contributed by atoms with Gasteiger partial charge in [-0.1, -0.05) is 0 Å². The SMILES string of the molecule is CCOC(=O)C(CN)(CCCSC)c1cc(F)cc(F)c1. The Labute approximate surface area is 128 Å². The Bertz CT molecular complexity index is 464. The quantitative estimate of drug-likeness (QED) is 0.592. The molecule has 0 amide bonds. The van der Waals surface area contributed by atoms with Crippen molar-refractivity contribution >= 4 is 17.7 Å². The van der Waals surface area contributed by atoms with E-state index in [0.29, 0.717) is 12.8 Å². The van der Waals surface area contributed by atoms with Crippen LogP contribution in [0, 0.1) is 11.6 Å². The van der Waals surface area contributed by atoms with Crippen molar-refractivity contribution in [3.05, 3.63) is 35.4 Å². The first kappa shape index (κ1) is 17.9. The summed E-state index contributed by atoms with van der Waals surface area (Å²) in [4.78, 5) is 12.4. The molecule has 1 atom stereocenters. The van der Waals surface area contributed by atoms with Gasteiger partial charge in [0.2, 0.25) is 0 Å². The van der Waals surface area contributed by atoms with Crippen molar-refractivity contribution in [3.63, 3.8) is 0 Å². The van der Waals surface area contributed by atoms with Crippen LogP contribution >= 0.6 is 11.8 Å². The van der Waals surface area contributed by atoms with Crippen molar-refractivity contribution in [1.29, 1.82) is 0 Å². The number of halogens is 2. The third kappa shape index (κ3) is 4.41. The molecule has 0 heterocycles. The highest BCUT2D eigenvalue weighted by molar-refractivity contribution is 7.98. The maximum absolute atomic E-state index is 13.5.